The van der Waals surface area contributed by atoms with E-state index in [-0.39, 0.29) is 18.2 Å². The van der Waals surface area contributed by atoms with E-state index in [4.69, 9.17) is 10.5 Å². The van der Waals surface area contributed by atoms with Gasteiger partial charge in [-0.15, -0.1) is 0 Å². The Morgan fingerprint density at radius 3 is 2.63 bits per heavy atom. The lowest BCUT2D eigenvalue weighted by atomic mass is 10.2. The zero-order chi connectivity index (χ0) is 19.4. The number of para-hydroxylation sites is 1. The fraction of sp³-hybridized carbons (Fsp3) is 0.105. The van der Waals surface area contributed by atoms with Crippen molar-refractivity contribution in [2.24, 2.45) is 10.7 Å². The molecule has 0 atom stereocenters. The Morgan fingerprint density at radius 2 is 1.96 bits per heavy atom. The summed E-state index contributed by atoms with van der Waals surface area (Å²) in [5.74, 6) is -0.723. The number of nitrogens with zero attached hydrogens (tertiary/aromatic N) is 2. The second-order valence-electron chi connectivity index (χ2n) is 5.64. The summed E-state index contributed by atoms with van der Waals surface area (Å²) in [5.41, 5.74) is 5.99. The van der Waals surface area contributed by atoms with Gasteiger partial charge >= 0.3 is 0 Å². The molecule has 0 bridgehead atoms. The number of rotatable bonds is 5. The third-order valence-corrected chi connectivity index (χ3v) is 4.69. The van der Waals surface area contributed by atoms with Gasteiger partial charge in [-0.2, -0.15) is 0 Å². The first-order valence-corrected chi connectivity index (χ1v) is 8.77. The van der Waals surface area contributed by atoms with E-state index >= 15 is 0 Å². The van der Waals surface area contributed by atoms with Crippen molar-refractivity contribution < 1.29 is 18.7 Å². The second-order valence-corrected chi connectivity index (χ2v) is 6.65. The van der Waals surface area contributed by atoms with Gasteiger partial charge in [-0.3, -0.25) is 14.5 Å². The fourth-order valence-electron chi connectivity index (χ4n) is 2.26. The van der Waals surface area contributed by atoms with Crippen LogP contribution in [0.15, 0.2) is 58.4 Å². The largest absolute Gasteiger partial charge is 0.484 e. The predicted octanol–water partition coefficient (Wildman–Crippen LogP) is 2.92. The Morgan fingerprint density at radius 1 is 1.26 bits per heavy atom. The van der Waals surface area contributed by atoms with Gasteiger partial charge in [0, 0.05) is 7.05 Å². The van der Waals surface area contributed by atoms with Crippen LogP contribution in [0, 0.1) is 5.82 Å². The topological polar surface area (TPSA) is 85.0 Å². The van der Waals surface area contributed by atoms with Crippen LogP contribution in [0.1, 0.15) is 5.56 Å². The SMILES string of the molecule is CN1C(=O)/C(=C\c2ccc(OCC(N)=O)cc2)SC1=Nc1ccccc1F. The number of benzene rings is 2. The first-order chi connectivity index (χ1) is 12.9. The van der Waals surface area contributed by atoms with Crippen molar-refractivity contribution in [3.63, 3.8) is 0 Å². The Labute approximate surface area is 159 Å². The van der Waals surface area contributed by atoms with E-state index in [0.717, 1.165) is 5.56 Å². The number of ether oxygens (including phenoxy) is 1. The van der Waals surface area contributed by atoms with Gasteiger partial charge in [0.05, 0.1) is 4.91 Å². The maximum atomic E-state index is 13.8. The molecule has 2 amide bonds. The average molecular weight is 385 g/mol. The summed E-state index contributed by atoms with van der Waals surface area (Å²) in [7, 11) is 1.59. The molecule has 3 rings (SSSR count). The quantitative estimate of drug-likeness (QED) is 0.802. The Hall–Kier alpha value is -3.13. The van der Waals surface area contributed by atoms with Crippen LogP contribution >= 0.6 is 11.8 Å². The second kappa shape index (κ2) is 8.05. The van der Waals surface area contributed by atoms with Crippen molar-refractivity contribution in [1.82, 2.24) is 4.90 Å². The number of carbonyl (C=O) groups is 2. The van der Waals surface area contributed by atoms with Gasteiger partial charge in [0.15, 0.2) is 11.8 Å². The van der Waals surface area contributed by atoms with E-state index < -0.39 is 11.7 Å². The molecule has 0 unspecified atom stereocenters. The molecule has 1 heterocycles. The van der Waals surface area contributed by atoms with Gasteiger partial charge in [0.2, 0.25) is 0 Å². The molecule has 1 fully saturated rings. The van der Waals surface area contributed by atoms with Crippen LogP contribution in [0.2, 0.25) is 0 Å². The maximum absolute atomic E-state index is 13.8. The number of amidine groups is 1. The molecule has 2 N–H and O–H groups in total. The van der Waals surface area contributed by atoms with E-state index in [0.29, 0.717) is 15.8 Å². The highest BCUT2D eigenvalue weighted by atomic mass is 32.2. The first-order valence-electron chi connectivity index (χ1n) is 7.96. The molecule has 8 heteroatoms. The third-order valence-electron chi connectivity index (χ3n) is 3.63. The number of aliphatic imine (C=N–C) groups is 1. The molecule has 0 spiro atoms. The minimum absolute atomic E-state index is 0.178. The number of primary amides is 1. The van der Waals surface area contributed by atoms with Crippen LogP contribution < -0.4 is 10.5 Å². The molecule has 2 aromatic carbocycles. The van der Waals surface area contributed by atoms with Gasteiger partial charge in [-0.05, 0) is 47.7 Å². The van der Waals surface area contributed by atoms with E-state index in [9.17, 15) is 14.0 Å². The molecule has 1 aliphatic rings. The molecule has 6 nitrogen and oxygen atoms in total. The van der Waals surface area contributed by atoms with Crippen molar-refractivity contribution in [3.8, 4) is 5.75 Å². The summed E-state index contributed by atoms with van der Waals surface area (Å²) >= 11 is 1.17. The van der Waals surface area contributed by atoms with Gasteiger partial charge in [0.25, 0.3) is 11.8 Å². The van der Waals surface area contributed by atoms with Gasteiger partial charge in [-0.1, -0.05) is 24.3 Å². The Bertz CT molecular complexity index is 941. The molecule has 1 saturated heterocycles. The average Bonchev–Trinajstić information content (AvgIpc) is 2.91. The van der Waals surface area contributed by atoms with Crippen molar-refractivity contribution in [2.75, 3.05) is 13.7 Å². The van der Waals surface area contributed by atoms with E-state index in [2.05, 4.69) is 4.99 Å². The summed E-state index contributed by atoms with van der Waals surface area (Å²) in [5, 5.41) is 0.401. The van der Waals surface area contributed by atoms with Crippen molar-refractivity contribution in [3.05, 3.63) is 64.8 Å². The molecule has 0 saturated carbocycles. The predicted molar refractivity (Wildman–Crippen MR) is 103 cm³/mol. The molecular formula is C19H16FN3O3S. The summed E-state index contributed by atoms with van der Waals surface area (Å²) in [6, 6.07) is 13.0. The maximum Gasteiger partial charge on any atom is 0.266 e. The highest BCUT2D eigenvalue weighted by Crippen LogP contribution is 2.33. The minimum Gasteiger partial charge on any atom is -0.484 e. The van der Waals surface area contributed by atoms with Crippen LogP contribution in [0.4, 0.5) is 10.1 Å². The Balaban J connectivity index is 1.78. The number of likely N-dealkylation sites (N-methyl/N-ethyl adjacent to an activating group) is 1. The van der Waals surface area contributed by atoms with Crippen LogP contribution in [-0.4, -0.2) is 35.5 Å². The zero-order valence-corrected chi connectivity index (χ0v) is 15.2. The molecule has 2 aromatic rings. The molecule has 27 heavy (non-hydrogen) atoms. The summed E-state index contributed by atoms with van der Waals surface area (Å²) < 4.78 is 19.0. The standard InChI is InChI=1S/C19H16FN3O3S/c1-23-18(25)16(27-19(23)22-15-5-3-2-4-14(15)20)10-12-6-8-13(9-7-12)26-11-17(21)24/h2-10H,11H2,1H3,(H2,21,24)/b16-10+,22-19?. The highest BCUT2D eigenvalue weighted by Gasteiger charge is 2.30. The number of hydrogen-bond donors (Lipinski definition) is 1. The lowest BCUT2D eigenvalue weighted by Crippen LogP contribution is -2.23. The molecule has 0 aromatic heterocycles. The molecule has 138 valence electrons. The number of hydrogen-bond acceptors (Lipinski definition) is 5. The number of nitrogens with two attached hydrogens (primary N) is 1. The number of amides is 2. The first kappa shape index (κ1) is 18.7. The summed E-state index contributed by atoms with van der Waals surface area (Å²) in [6.07, 6.45) is 1.71. The van der Waals surface area contributed by atoms with Crippen LogP contribution in [0.5, 0.6) is 5.75 Å². The lowest BCUT2D eigenvalue weighted by Gasteiger charge is -2.07. The van der Waals surface area contributed by atoms with Gasteiger partial charge in [0.1, 0.15) is 17.3 Å². The normalized spacial score (nSPS) is 17.0. The molecule has 0 aliphatic carbocycles. The molecule has 0 radical (unpaired) electrons. The highest BCUT2D eigenvalue weighted by molar-refractivity contribution is 8.18. The van der Waals surface area contributed by atoms with Crippen molar-refractivity contribution in [2.45, 2.75) is 0 Å². The van der Waals surface area contributed by atoms with Crippen LogP contribution in [0.25, 0.3) is 6.08 Å². The zero-order valence-electron chi connectivity index (χ0n) is 14.4. The van der Waals surface area contributed by atoms with E-state index in [1.807, 2.05) is 0 Å². The monoisotopic (exact) mass is 385 g/mol. The number of thioether (sulfide) groups is 1. The fourth-order valence-corrected chi connectivity index (χ4v) is 3.24. The van der Waals surface area contributed by atoms with Gasteiger partial charge < -0.3 is 10.5 Å². The summed E-state index contributed by atoms with van der Waals surface area (Å²) in [6.45, 7) is -0.199. The van der Waals surface area contributed by atoms with E-state index in [1.165, 1.54) is 22.7 Å². The smallest absolute Gasteiger partial charge is 0.266 e. The summed E-state index contributed by atoms with van der Waals surface area (Å²) in [4.78, 5) is 29.2. The number of halogens is 1. The van der Waals surface area contributed by atoms with Crippen LogP contribution in [-0.2, 0) is 9.59 Å². The molecule has 1 aliphatic heterocycles. The lowest BCUT2D eigenvalue weighted by molar-refractivity contribution is -0.121. The third kappa shape index (κ3) is 4.53. The molecular weight excluding hydrogens is 369 g/mol. The number of carbonyl (C=O) groups excluding carboxylic acids is 2. The van der Waals surface area contributed by atoms with Gasteiger partial charge in [-0.25, -0.2) is 9.38 Å². The minimum atomic E-state index is -0.557. The van der Waals surface area contributed by atoms with E-state index in [1.54, 1.807) is 55.6 Å². The van der Waals surface area contributed by atoms with Crippen LogP contribution in [0.3, 0.4) is 0 Å². The van der Waals surface area contributed by atoms with Crippen molar-refractivity contribution in [1.29, 1.82) is 0 Å². The Kier molecular flexibility index (Phi) is 5.56. The van der Waals surface area contributed by atoms with Crippen molar-refractivity contribution >= 4 is 40.5 Å².